The maximum atomic E-state index is 9.70. The second-order valence-corrected chi connectivity index (χ2v) is 7.62. The van der Waals surface area contributed by atoms with Crippen LogP contribution in [0.2, 0.25) is 0 Å². The summed E-state index contributed by atoms with van der Waals surface area (Å²) in [4.78, 5) is 9.70. The van der Waals surface area contributed by atoms with Crippen LogP contribution in [-0.2, 0) is 4.79 Å². The average Bonchev–Trinajstić information content (AvgIpc) is 2.53. The number of aliphatic carboxylic acids is 1. The van der Waals surface area contributed by atoms with Crippen molar-refractivity contribution < 1.29 is 14.4 Å². The van der Waals surface area contributed by atoms with Crippen molar-refractivity contribution in [1.82, 2.24) is 0 Å². The van der Waals surface area contributed by atoms with Crippen LogP contribution >= 0.6 is 0 Å². The Morgan fingerprint density at radius 2 is 1.04 bits per heavy atom. The first-order valence-corrected chi connectivity index (χ1v) is 10.4. The smallest absolute Gasteiger partial charge is 0.0786 e. The molecule has 0 saturated carbocycles. The van der Waals surface area contributed by atoms with Gasteiger partial charge in [0.05, 0.1) is 26.2 Å². The fourth-order valence-electron chi connectivity index (χ4n) is 2.98. The van der Waals surface area contributed by atoms with Crippen LogP contribution in [0, 0.1) is 5.92 Å². The van der Waals surface area contributed by atoms with Gasteiger partial charge in [-0.1, -0.05) is 67.2 Å². The van der Waals surface area contributed by atoms with E-state index in [1.54, 1.807) is 0 Å². The first-order valence-electron chi connectivity index (χ1n) is 10.4. The van der Waals surface area contributed by atoms with E-state index in [1.165, 1.54) is 82.0 Å². The number of unbranched alkanes of at least 4 members (excludes halogenated alkanes) is 4. The molecular formula is C21H45NO2. The average molecular weight is 344 g/mol. The molecule has 0 aliphatic rings. The van der Waals surface area contributed by atoms with Crippen molar-refractivity contribution in [2.75, 3.05) is 26.2 Å². The van der Waals surface area contributed by atoms with Gasteiger partial charge in [-0.3, -0.25) is 0 Å². The van der Waals surface area contributed by atoms with Gasteiger partial charge in [-0.2, -0.15) is 0 Å². The normalized spacial score (nSPS) is 11.3. The number of hydrogen-bond donors (Lipinski definition) is 0. The Bertz CT molecular complexity index is 240. The summed E-state index contributed by atoms with van der Waals surface area (Å²) in [5.74, 6) is -0.750. The molecule has 3 nitrogen and oxygen atoms in total. The highest BCUT2D eigenvalue weighted by Gasteiger charge is 2.24. The molecule has 0 spiro atoms. The van der Waals surface area contributed by atoms with E-state index in [4.69, 9.17) is 0 Å². The van der Waals surface area contributed by atoms with Crippen molar-refractivity contribution in [2.45, 2.75) is 99.3 Å². The number of carbonyl (C=O) groups is 1. The zero-order chi connectivity index (χ0) is 18.8. The number of rotatable bonds is 14. The lowest BCUT2D eigenvalue weighted by Crippen LogP contribution is -2.50. The van der Waals surface area contributed by atoms with E-state index in [2.05, 4.69) is 27.7 Å². The Morgan fingerprint density at radius 1 is 0.750 bits per heavy atom. The summed E-state index contributed by atoms with van der Waals surface area (Å²) in [5.41, 5.74) is 0. The summed E-state index contributed by atoms with van der Waals surface area (Å²) >= 11 is 0. The molecule has 0 bridgehead atoms. The van der Waals surface area contributed by atoms with Crippen LogP contribution < -0.4 is 5.11 Å². The van der Waals surface area contributed by atoms with E-state index in [0.29, 0.717) is 0 Å². The lowest BCUT2D eigenvalue weighted by Gasteiger charge is -2.39. The molecule has 0 saturated heterocycles. The van der Waals surface area contributed by atoms with Gasteiger partial charge in [0, 0.05) is 5.97 Å². The fraction of sp³-hybridized carbons (Fsp3) is 0.952. The lowest BCUT2D eigenvalue weighted by molar-refractivity contribution is -0.929. The van der Waals surface area contributed by atoms with Gasteiger partial charge in [0.25, 0.3) is 0 Å². The van der Waals surface area contributed by atoms with Crippen LogP contribution in [0.25, 0.3) is 0 Å². The number of carboxylic acids is 1. The Morgan fingerprint density at radius 3 is 1.17 bits per heavy atom. The third-order valence-electron chi connectivity index (χ3n) is 4.52. The largest absolute Gasteiger partial charge is 0.550 e. The van der Waals surface area contributed by atoms with Gasteiger partial charge in [0.15, 0.2) is 0 Å². The molecule has 0 aliphatic carbocycles. The summed E-state index contributed by atoms with van der Waals surface area (Å²) in [6.07, 6.45) is 11.2. The number of hydrogen-bond acceptors (Lipinski definition) is 2. The summed E-state index contributed by atoms with van der Waals surface area (Å²) in [5, 5.41) is 9.70. The number of quaternary nitrogens is 1. The van der Waals surface area contributed by atoms with Crippen molar-refractivity contribution >= 4 is 5.97 Å². The Hall–Kier alpha value is -0.570. The van der Waals surface area contributed by atoms with E-state index in [1.807, 2.05) is 13.8 Å². The molecule has 0 aliphatic heterocycles. The Labute approximate surface area is 152 Å². The van der Waals surface area contributed by atoms with Gasteiger partial charge in [-0.15, -0.1) is 0 Å². The van der Waals surface area contributed by atoms with Crippen molar-refractivity contribution in [2.24, 2.45) is 5.92 Å². The van der Waals surface area contributed by atoms with Crippen LogP contribution in [-0.4, -0.2) is 36.6 Å². The van der Waals surface area contributed by atoms with E-state index in [9.17, 15) is 9.90 Å². The molecule has 146 valence electrons. The van der Waals surface area contributed by atoms with Gasteiger partial charge in [0.2, 0.25) is 0 Å². The third kappa shape index (κ3) is 16.3. The topological polar surface area (TPSA) is 40.1 Å². The van der Waals surface area contributed by atoms with Gasteiger partial charge in [0.1, 0.15) is 0 Å². The van der Waals surface area contributed by atoms with Gasteiger partial charge in [-0.25, -0.2) is 0 Å². The zero-order valence-electron chi connectivity index (χ0n) is 17.5. The molecule has 0 heterocycles. The van der Waals surface area contributed by atoms with Crippen LogP contribution in [0.1, 0.15) is 99.3 Å². The molecule has 24 heavy (non-hydrogen) atoms. The summed E-state index contributed by atoms with van der Waals surface area (Å²) < 4.78 is 1.42. The van der Waals surface area contributed by atoms with Gasteiger partial charge >= 0.3 is 0 Å². The van der Waals surface area contributed by atoms with Crippen molar-refractivity contribution in [3.8, 4) is 0 Å². The molecule has 0 atom stereocenters. The molecule has 0 fully saturated rings. The molecule has 0 radical (unpaired) electrons. The van der Waals surface area contributed by atoms with Crippen molar-refractivity contribution in [3.05, 3.63) is 0 Å². The first kappa shape index (κ1) is 25.7. The highest BCUT2D eigenvalue weighted by molar-refractivity contribution is 5.64. The molecule has 0 rings (SSSR count). The third-order valence-corrected chi connectivity index (χ3v) is 4.52. The number of nitrogens with zero attached hydrogens (tertiary/aromatic N) is 1. The maximum absolute atomic E-state index is 9.70. The predicted molar refractivity (Wildman–Crippen MR) is 104 cm³/mol. The molecule has 0 aromatic carbocycles. The highest BCUT2D eigenvalue weighted by atomic mass is 16.4. The van der Waals surface area contributed by atoms with Crippen LogP contribution in [0.5, 0.6) is 0 Å². The summed E-state index contributed by atoms with van der Waals surface area (Å²) in [7, 11) is 0. The molecule has 0 aromatic rings. The van der Waals surface area contributed by atoms with E-state index < -0.39 is 5.97 Å². The van der Waals surface area contributed by atoms with Crippen molar-refractivity contribution in [3.63, 3.8) is 0 Å². The molecule has 0 amide bonds. The van der Waals surface area contributed by atoms with E-state index in [-0.39, 0.29) is 12.3 Å². The quantitative estimate of drug-likeness (QED) is 0.426. The molecule has 0 N–H and O–H groups in total. The lowest BCUT2D eigenvalue weighted by atomic mass is 10.1. The molecule has 3 heteroatoms. The predicted octanol–water partition coefficient (Wildman–Crippen LogP) is 4.79. The van der Waals surface area contributed by atoms with Gasteiger partial charge in [-0.05, 0) is 38.0 Å². The summed E-state index contributed by atoms with van der Waals surface area (Å²) in [6.45, 7) is 18.7. The fourth-order valence-corrected chi connectivity index (χ4v) is 2.98. The first-order chi connectivity index (χ1) is 11.4. The van der Waals surface area contributed by atoms with E-state index in [0.717, 1.165) is 0 Å². The van der Waals surface area contributed by atoms with Gasteiger partial charge < -0.3 is 14.4 Å². The van der Waals surface area contributed by atoms with E-state index >= 15 is 0 Å². The second kappa shape index (κ2) is 17.3. The Kier molecular flexibility index (Phi) is 18.5. The minimum absolute atomic E-state index is 0.167. The molecule has 0 aromatic heterocycles. The maximum Gasteiger partial charge on any atom is 0.0786 e. The molecule has 0 unspecified atom stereocenters. The second-order valence-electron chi connectivity index (χ2n) is 7.62. The molecular weight excluding hydrogens is 298 g/mol. The minimum atomic E-state index is -0.963. The summed E-state index contributed by atoms with van der Waals surface area (Å²) in [6, 6.07) is 0. The zero-order valence-corrected chi connectivity index (χ0v) is 17.5. The van der Waals surface area contributed by atoms with Crippen LogP contribution in [0.4, 0.5) is 0 Å². The van der Waals surface area contributed by atoms with Crippen LogP contribution in [0.15, 0.2) is 0 Å². The minimum Gasteiger partial charge on any atom is -0.550 e. The standard InChI is InChI=1S/C16H36N.C5H10O2/c1-5-9-13-17(14-10-6-2,15-11-7-3)16-12-8-4;1-4(2)3-5(6)7/h5-16H2,1-4H3;4H,3H2,1-2H3,(H,6,7)/q+1;/p-1. The van der Waals surface area contributed by atoms with Crippen LogP contribution in [0.3, 0.4) is 0 Å². The number of carboxylic acid groups (broad SMARTS) is 1. The van der Waals surface area contributed by atoms with Crippen molar-refractivity contribution in [1.29, 1.82) is 0 Å². The Balaban J connectivity index is 0. The monoisotopic (exact) mass is 343 g/mol. The SMILES string of the molecule is CC(C)CC(=O)[O-].CCCC[N+](CCCC)(CCCC)CCCC. The number of carbonyl (C=O) groups excluding carboxylic acids is 1. The highest BCUT2D eigenvalue weighted by Crippen LogP contribution is 2.16.